The van der Waals surface area contributed by atoms with E-state index in [4.69, 9.17) is 0 Å². The molecule has 1 aliphatic heterocycles. The zero-order valence-corrected chi connectivity index (χ0v) is 4.83. The number of nitrogens with zero attached hydrogens (tertiary/aromatic N) is 2. The van der Waals surface area contributed by atoms with Gasteiger partial charge in [-0.1, -0.05) is 12.2 Å². The number of hydrogen-bond acceptors (Lipinski definition) is 2. The smallest absolute Gasteiger partial charge is 0.123 e. The van der Waals surface area contributed by atoms with Crippen molar-refractivity contribution in [1.82, 2.24) is 0 Å². The second-order valence-corrected chi connectivity index (χ2v) is 1.95. The van der Waals surface area contributed by atoms with Gasteiger partial charge in [-0.05, 0) is 12.5 Å². The Morgan fingerprint density at radius 1 is 1.56 bits per heavy atom. The summed E-state index contributed by atoms with van der Waals surface area (Å²) in [6.45, 7) is 0. The van der Waals surface area contributed by atoms with Crippen molar-refractivity contribution in [3.8, 4) is 0 Å². The minimum Gasteiger partial charge on any atom is -0.150 e. The van der Waals surface area contributed by atoms with Gasteiger partial charge in [0.1, 0.15) is 6.21 Å². The van der Waals surface area contributed by atoms with Crippen LogP contribution in [-0.4, -0.2) is 11.9 Å². The van der Waals surface area contributed by atoms with Crippen molar-refractivity contribution in [2.75, 3.05) is 0 Å². The first-order chi connectivity index (χ1) is 4.47. The Balaban J connectivity index is 2.46. The van der Waals surface area contributed by atoms with E-state index in [0.29, 0.717) is 0 Å². The topological polar surface area (TPSA) is 24.7 Å². The normalized spacial score (nSPS) is 21.3. The molecule has 1 aliphatic carbocycles. The van der Waals surface area contributed by atoms with Gasteiger partial charge in [0.25, 0.3) is 0 Å². The maximum absolute atomic E-state index is 3.83. The largest absolute Gasteiger partial charge is 0.150 e. The quantitative estimate of drug-likeness (QED) is 0.455. The second kappa shape index (κ2) is 1.65. The fourth-order valence-corrected chi connectivity index (χ4v) is 0.883. The third-order valence-electron chi connectivity index (χ3n) is 1.34. The van der Waals surface area contributed by atoms with Crippen LogP contribution in [0.2, 0.25) is 0 Å². The fraction of sp³-hybridized carbons (Fsp3) is 0.143. The number of hydrogen-bond donors (Lipinski definition) is 0. The van der Waals surface area contributed by atoms with Crippen molar-refractivity contribution in [2.45, 2.75) is 6.42 Å². The van der Waals surface area contributed by atoms with Crippen LogP contribution in [0, 0.1) is 0 Å². The Hall–Kier alpha value is -1.18. The second-order valence-electron chi connectivity index (χ2n) is 1.95. The molecule has 2 heteroatoms. The van der Waals surface area contributed by atoms with Gasteiger partial charge in [-0.25, -0.2) is 0 Å². The summed E-state index contributed by atoms with van der Waals surface area (Å²) in [6.07, 6.45) is 9.87. The number of allylic oxidation sites excluding steroid dienone is 4. The molecule has 0 amide bonds. The highest BCUT2D eigenvalue weighted by atomic mass is 15.2. The average molecular weight is 117 g/mol. The molecule has 1 heterocycles. The van der Waals surface area contributed by atoms with E-state index in [9.17, 15) is 0 Å². The van der Waals surface area contributed by atoms with E-state index in [0.717, 1.165) is 17.7 Å². The van der Waals surface area contributed by atoms with Crippen molar-refractivity contribution in [2.24, 2.45) is 10.2 Å². The SMILES string of the molecule is [C]1=NN=C2C=CCC=C12. The van der Waals surface area contributed by atoms with Gasteiger partial charge in [0.15, 0.2) is 0 Å². The maximum atomic E-state index is 3.83. The molecule has 1 radical (unpaired) electrons. The molecular formula is C7H5N2. The van der Waals surface area contributed by atoms with E-state index in [1.807, 2.05) is 6.08 Å². The maximum Gasteiger partial charge on any atom is 0.123 e. The van der Waals surface area contributed by atoms with Crippen LogP contribution in [0.25, 0.3) is 0 Å². The lowest BCUT2D eigenvalue weighted by atomic mass is 10.1. The average Bonchev–Trinajstić information content (AvgIpc) is 2.33. The predicted octanol–water partition coefficient (Wildman–Crippen LogP) is 1.19. The van der Waals surface area contributed by atoms with Crippen molar-refractivity contribution in [3.63, 3.8) is 0 Å². The highest BCUT2D eigenvalue weighted by Gasteiger charge is 2.08. The molecule has 43 valence electrons. The molecule has 0 aromatic heterocycles. The molecule has 2 rings (SSSR count). The Morgan fingerprint density at radius 2 is 2.56 bits per heavy atom. The third-order valence-corrected chi connectivity index (χ3v) is 1.34. The van der Waals surface area contributed by atoms with E-state index in [2.05, 4.69) is 28.6 Å². The molecule has 0 fully saturated rings. The molecule has 9 heavy (non-hydrogen) atoms. The standard InChI is InChI=1S/C7H5N2/c1-2-4-7-6(3-1)5-8-9-7/h2-4H,1H2. The Morgan fingerprint density at radius 3 is 3.44 bits per heavy atom. The van der Waals surface area contributed by atoms with Gasteiger partial charge < -0.3 is 0 Å². The molecular weight excluding hydrogens is 112 g/mol. The zero-order chi connectivity index (χ0) is 6.10. The lowest BCUT2D eigenvalue weighted by Gasteiger charge is -1.97. The first-order valence-corrected chi connectivity index (χ1v) is 2.87. The van der Waals surface area contributed by atoms with Crippen LogP contribution in [0.4, 0.5) is 0 Å². The molecule has 0 unspecified atom stereocenters. The number of fused-ring (bicyclic) bond motifs is 1. The van der Waals surface area contributed by atoms with E-state index >= 15 is 0 Å². The Kier molecular flexibility index (Phi) is 0.859. The van der Waals surface area contributed by atoms with E-state index in [1.54, 1.807) is 0 Å². The van der Waals surface area contributed by atoms with Gasteiger partial charge in [0.2, 0.25) is 0 Å². The molecule has 0 saturated carbocycles. The highest BCUT2D eigenvalue weighted by Crippen LogP contribution is 2.11. The third kappa shape index (κ3) is 0.633. The lowest BCUT2D eigenvalue weighted by Crippen LogP contribution is -1.98. The summed E-state index contributed by atoms with van der Waals surface area (Å²) in [6, 6.07) is 0. The molecule has 0 N–H and O–H groups in total. The monoisotopic (exact) mass is 117 g/mol. The predicted molar refractivity (Wildman–Crippen MR) is 36.7 cm³/mol. The van der Waals surface area contributed by atoms with Crippen LogP contribution in [-0.2, 0) is 0 Å². The molecule has 2 aliphatic rings. The lowest BCUT2D eigenvalue weighted by molar-refractivity contribution is 1.28. The molecule has 0 bridgehead atoms. The van der Waals surface area contributed by atoms with Crippen LogP contribution in [0.1, 0.15) is 6.42 Å². The summed E-state index contributed by atoms with van der Waals surface area (Å²) in [7, 11) is 0. The van der Waals surface area contributed by atoms with Crippen LogP contribution < -0.4 is 0 Å². The van der Waals surface area contributed by atoms with Crippen LogP contribution in [0.15, 0.2) is 34.0 Å². The molecule has 0 spiro atoms. The van der Waals surface area contributed by atoms with Crippen molar-refractivity contribution in [1.29, 1.82) is 0 Å². The summed E-state index contributed by atoms with van der Waals surface area (Å²) in [5, 5.41) is 7.48. The van der Waals surface area contributed by atoms with Crippen LogP contribution in [0.5, 0.6) is 0 Å². The molecule has 2 nitrogen and oxygen atoms in total. The minimum atomic E-state index is 0.946. The van der Waals surface area contributed by atoms with Crippen molar-refractivity contribution < 1.29 is 0 Å². The summed E-state index contributed by atoms with van der Waals surface area (Å²) in [5.74, 6) is 0. The molecule has 0 saturated heterocycles. The van der Waals surface area contributed by atoms with Crippen LogP contribution >= 0.6 is 0 Å². The molecule has 0 aromatic rings. The van der Waals surface area contributed by atoms with Gasteiger partial charge >= 0.3 is 0 Å². The highest BCUT2D eigenvalue weighted by molar-refractivity contribution is 6.23. The van der Waals surface area contributed by atoms with Crippen molar-refractivity contribution in [3.05, 3.63) is 23.8 Å². The van der Waals surface area contributed by atoms with Gasteiger partial charge in [0.05, 0.1) is 5.71 Å². The number of rotatable bonds is 0. The summed E-state index contributed by atoms with van der Waals surface area (Å²) < 4.78 is 0. The first kappa shape index (κ1) is 4.68. The summed E-state index contributed by atoms with van der Waals surface area (Å²) >= 11 is 0. The Labute approximate surface area is 53.3 Å². The van der Waals surface area contributed by atoms with E-state index < -0.39 is 0 Å². The van der Waals surface area contributed by atoms with E-state index in [-0.39, 0.29) is 0 Å². The van der Waals surface area contributed by atoms with Gasteiger partial charge in [0, 0.05) is 5.57 Å². The minimum absolute atomic E-state index is 0.946. The van der Waals surface area contributed by atoms with Gasteiger partial charge in [-0.2, -0.15) is 0 Å². The molecule has 0 atom stereocenters. The summed E-state index contributed by atoms with van der Waals surface area (Å²) in [5.41, 5.74) is 1.98. The zero-order valence-electron chi connectivity index (χ0n) is 4.83. The van der Waals surface area contributed by atoms with Crippen LogP contribution in [0.3, 0.4) is 0 Å². The molecule has 0 aromatic carbocycles. The summed E-state index contributed by atoms with van der Waals surface area (Å²) in [4.78, 5) is 0. The fourth-order valence-electron chi connectivity index (χ4n) is 0.883. The first-order valence-electron chi connectivity index (χ1n) is 2.87. The van der Waals surface area contributed by atoms with Crippen molar-refractivity contribution >= 4 is 11.9 Å². The van der Waals surface area contributed by atoms with Gasteiger partial charge in [-0.3, -0.25) is 0 Å². The Bertz CT molecular complexity index is 244. The van der Waals surface area contributed by atoms with Gasteiger partial charge in [-0.15, -0.1) is 10.2 Å². The van der Waals surface area contributed by atoms with E-state index in [1.165, 1.54) is 0 Å².